The van der Waals surface area contributed by atoms with Crippen LogP contribution in [0.4, 0.5) is 0 Å². The van der Waals surface area contributed by atoms with Crippen LogP contribution in [0.25, 0.3) is 10.9 Å². The number of nitrogens with zero attached hydrogens (tertiary/aromatic N) is 3. The minimum atomic E-state index is -0.378. The highest BCUT2D eigenvalue weighted by Gasteiger charge is 2.33. The van der Waals surface area contributed by atoms with E-state index in [2.05, 4.69) is 4.98 Å². The summed E-state index contributed by atoms with van der Waals surface area (Å²) in [7, 11) is 0. The van der Waals surface area contributed by atoms with Crippen molar-refractivity contribution in [1.29, 1.82) is 0 Å². The summed E-state index contributed by atoms with van der Waals surface area (Å²) in [5, 5.41) is 0.543. The van der Waals surface area contributed by atoms with Crippen molar-refractivity contribution >= 4 is 16.8 Å². The molecule has 1 aromatic carbocycles. The molecule has 1 fully saturated rings. The first kappa shape index (κ1) is 16.6. The lowest BCUT2D eigenvalue weighted by molar-refractivity contribution is -0.158. The fraction of sp³-hybridized carbons (Fsp3) is 0.500. The highest BCUT2D eigenvalue weighted by Crippen LogP contribution is 2.21. The molecule has 0 spiro atoms. The van der Waals surface area contributed by atoms with E-state index >= 15 is 0 Å². The van der Waals surface area contributed by atoms with E-state index in [0.717, 1.165) is 5.56 Å². The van der Waals surface area contributed by atoms with E-state index in [-0.39, 0.29) is 29.7 Å². The van der Waals surface area contributed by atoms with Crippen LogP contribution in [-0.2, 0) is 16.1 Å². The van der Waals surface area contributed by atoms with Crippen molar-refractivity contribution in [3.8, 4) is 0 Å². The van der Waals surface area contributed by atoms with Gasteiger partial charge in [-0.25, -0.2) is 4.98 Å². The molecule has 2 aromatic rings. The van der Waals surface area contributed by atoms with Gasteiger partial charge in [-0.15, -0.1) is 0 Å². The van der Waals surface area contributed by atoms with Crippen LogP contribution in [0.5, 0.6) is 0 Å². The Kier molecular flexibility index (Phi) is 4.17. The lowest BCUT2D eigenvalue weighted by atomic mass is 10.1. The van der Waals surface area contributed by atoms with E-state index in [1.54, 1.807) is 11.0 Å². The molecule has 1 saturated heterocycles. The van der Waals surface area contributed by atoms with Gasteiger partial charge < -0.3 is 9.64 Å². The van der Waals surface area contributed by atoms with Crippen LogP contribution in [-0.4, -0.2) is 45.2 Å². The number of hydrogen-bond donors (Lipinski definition) is 0. The largest absolute Gasteiger partial charge is 0.369 e. The normalized spacial score (nSPS) is 20.3. The Morgan fingerprint density at radius 2 is 2.17 bits per heavy atom. The molecule has 128 valence electrons. The van der Waals surface area contributed by atoms with Crippen molar-refractivity contribution in [2.45, 2.75) is 45.9 Å². The Labute approximate surface area is 141 Å². The maximum absolute atomic E-state index is 12.6. The fourth-order valence-corrected chi connectivity index (χ4v) is 3.34. The first-order chi connectivity index (χ1) is 11.3. The average molecular weight is 329 g/mol. The molecule has 0 unspecified atom stereocenters. The number of rotatable bonds is 2. The minimum absolute atomic E-state index is 0.00147. The molecule has 1 amide bonds. The summed E-state index contributed by atoms with van der Waals surface area (Å²) in [6.45, 7) is 8.86. The van der Waals surface area contributed by atoms with E-state index in [4.69, 9.17) is 4.74 Å². The van der Waals surface area contributed by atoms with Gasteiger partial charge in [0.15, 0.2) is 0 Å². The third kappa shape index (κ3) is 3.19. The van der Waals surface area contributed by atoms with Crippen molar-refractivity contribution in [2.24, 2.45) is 0 Å². The van der Waals surface area contributed by atoms with Crippen molar-refractivity contribution in [1.82, 2.24) is 14.5 Å². The Bertz CT molecular complexity index is 841. The molecule has 6 heteroatoms. The van der Waals surface area contributed by atoms with E-state index in [1.165, 1.54) is 10.9 Å². The molecule has 0 aliphatic carbocycles. The summed E-state index contributed by atoms with van der Waals surface area (Å²) in [5.41, 5.74) is 1.08. The third-order valence-electron chi connectivity index (χ3n) is 4.28. The Hall–Kier alpha value is -2.21. The Balaban J connectivity index is 1.86. The van der Waals surface area contributed by atoms with E-state index < -0.39 is 0 Å². The summed E-state index contributed by atoms with van der Waals surface area (Å²) >= 11 is 0. The molecule has 1 aliphatic rings. The Morgan fingerprint density at radius 3 is 2.88 bits per heavy atom. The van der Waals surface area contributed by atoms with E-state index in [9.17, 15) is 9.59 Å². The summed E-state index contributed by atoms with van der Waals surface area (Å²) in [6.07, 6.45) is 1.44. The van der Waals surface area contributed by atoms with Crippen molar-refractivity contribution in [2.75, 3.05) is 13.1 Å². The second-order valence-corrected chi connectivity index (χ2v) is 7.11. The first-order valence-corrected chi connectivity index (χ1v) is 8.17. The number of aryl methyl sites for hydroxylation is 1. The minimum Gasteiger partial charge on any atom is -0.369 e. The molecule has 6 nitrogen and oxygen atoms in total. The van der Waals surface area contributed by atoms with Gasteiger partial charge in [0.05, 0.1) is 28.9 Å². The second kappa shape index (κ2) is 6.02. The molecule has 0 bridgehead atoms. The second-order valence-electron chi connectivity index (χ2n) is 7.11. The summed E-state index contributed by atoms with van der Waals surface area (Å²) in [4.78, 5) is 31.4. The number of fused-ring (bicyclic) bond motifs is 1. The van der Waals surface area contributed by atoms with Crippen LogP contribution in [0.1, 0.15) is 26.3 Å². The smallest absolute Gasteiger partial charge is 0.261 e. The molecule has 1 aliphatic heterocycles. The molecular formula is C18H23N3O3. The summed E-state index contributed by atoms with van der Waals surface area (Å²) in [5.74, 6) is -0.0888. The van der Waals surface area contributed by atoms with Crippen molar-refractivity contribution in [3.63, 3.8) is 0 Å². The topological polar surface area (TPSA) is 64.4 Å². The lowest BCUT2D eigenvalue weighted by Crippen LogP contribution is -2.54. The monoisotopic (exact) mass is 329 g/mol. The van der Waals surface area contributed by atoms with Gasteiger partial charge in [0, 0.05) is 13.1 Å². The maximum atomic E-state index is 12.6. The summed E-state index contributed by atoms with van der Waals surface area (Å²) in [6, 6.07) is 5.50. The molecule has 2 heterocycles. The van der Waals surface area contributed by atoms with Gasteiger partial charge >= 0.3 is 0 Å². The highest BCUT2D eigenvalue weighted by atomic mass is 16.5. The number of ether oxygens (including phenoxy) is 1. The number of benzene rings is 1. The zero-order valence-electron chi connectivity index (χ0n) is 14.6. The van der Waals surface area contributed by atoms with Crippen LogP contribution < -0.4 is 5.56 Å². The predicted molar refractivity (Wildman–Crippen MR) is 91.9 cm³/mol. The average Bonchev–Trinajstić information content (AvgIpc) is 2.48. The molecule has 1 atom stereocenters. The summed E-state index contributed by atoms with van der Waals surface area (Å²) < 4.78 is 7.21. The molecule has 1 aromatic heterocycles. The van der Waals surface area contributed by atoms with Gasteiger partial charge in [-0.05, 0) is 39.3 Å². The zero-order valence-corrected chi connectivity index (χ0v) is 14.6. The van der Waals surface area contributed by atoms with Crippen molar-refractivity contribution in [3.05, 3.63) is 40.4 Å². The molecule has 3 rings (SSSR count). The number of carbonyl (C=O) groups excluding carboxylic acids is 1. The van der Waals surface area contributed by atoms with Gasteiger partial charge in [-0.2, -0.15) is 0 Å². The van der Waals surface area contributed by atoms with Gasteiger partial charge in [-0.3, -0.25) is 14.2 Å². The third-order valence-corrected chi connectivity index (χ3v) is 4.28. The fourth-order valence-electron chi connectivity index (χ4n) is 3.34. The number of amides is 1. The molecular weight excluding hydrogens is 306 g/mol. The van der Waals surface area contributed by atoms with Crippen molar-refractivity contribution < 1.29 is 9.53 Å². The van der Waals surface area contributed by atoms with E-state index in [0.29, 0.717) is 24.0 Å². The Morgan fingerprint density at radius 1 is 1.42 bits per heavy atom. The number of morpholine rings is 1. The quantitative estimate of drug-likeness (QED) is 0.842. The maximum Gasteiger partial charge on any atom is 0.261 e. The van der Waals surface area contributed by atoms with Crippen LogP contribution in [0, 0.1) is 6.92 Å². The molecule has 0 saturated carbocycles. The number of para-hydroxylation sites is 1. The molecule has 24 heavy (non-hydrogen) atoms. The standard InChI is InChI=1S/C18H23N3O3/c1-12-6-5-7-14-16(12)19-11-21(17(14)23)9-15(22)20-8-13(2)24-18(3,4)10-20/h5-7,11,13H,8-10H2,1-4H3/t13-/m0/s1. The van der Waals surface area contributed by atoms with E-state index in [1.807, 2.05) is 39.8 Å². The number of aromatic nitrogens is 2. The lowest BCUT2D eigenvalue weighted by Gasteiger charge is -2.41. The van der Waals surface area contributed by atoms with Gasteiger partial charge in [0.25, 0.3) is 5.56 Å². The predicted octanol–water partition coefficient (Wildman–Crippen LogP) is 1.73. The van der Waals surface area contributed by atoms with Gasteiger partial charge in [0.2, 0.25) is 5.91 Å². The highest BCUT2D eigenvalue weighted by molar-refractivity contribution is 5.81. The van der Waals surface area contributed by atoms with Crippen LogP contribution in [0.3, 0.4) is 0 Å². The van der Waals surface area contributed by atoms with Gasteiger partial charge in [0.1, 0.15) is 6.54 Å². The van der Waals surface area contributed by atoms with Crippen LogP contribution >= 0.6 is 0 Å². The number of hydrogen-bond acceptors (Lipinski definition) is 4. The SMILES string of the molecule is Cc1cccc2c(=O)n(CC(=O)N3C[C@H](C)OC(C)(C)C3)cnc12. The molecule has 0 N–H and O–H groups in total. The zero-order chi connectivity index (χ0) is 17.5. The van der Waals surface area contributed by atoms with Crippen LogP contribution in [0.15, 0.2) is 29.3 Å². The molecule has 0 radical (unpaired) electrons. The van der Waals surface area contributed by atoms with Gasteiger partial charge in [-0.1, -0.05) is 12.1 Å². The van der Waals surface area contributed by atoms with Crippen LogP contribution in [0.2, 0.25) is 0 Å². The first-order valence-electron chi connectivity index (χ1n) is 8.17. The number of carbonyl (C=O) groups is 1.